The maximum atomic E-state index is 12.2. The number of thiophene rings is 1. The number of hydrogen-bond donors (Lipinski definition) is 0. The molecule has 1 aliphatic heterocycles. The van der Waals surface area contributed by atoms with Gasteiger partial charge >= 0.3 is 6.09 Å². The second-order valence-electron chi connectivity index (χ2n) is 5.52. The molecule has 2 aromatic rings. The fourth-order valence-corrected chi connectivity index (χ4v) is 5.19. The number of amides is 2. The number of imide groups is 1. The molecular formula is C15H15N3O3S2. The SMILES string of the molecule is O=C(CSc1ncnc2sc3c(c12)CCCC3)N1CCOC1=O. The van der Waals surface area contributed by atoms with E-state index in [1.54, 1.807) is 17.7 Å². The molecule has 1 aliphatic carbocycles. The summed E-state index contributed by atoms with van der Waals surface area (Å²) in [5.74, 6) is -0.0420. The summed E-state index contributed by atoms with van der Waals surface area (Å²) < 4.78 is 4.80. The van der Waals surface area contributed by atoms with Gasteiger partial charge in [-0.2, -0.15) is 0 Å². The summed E-state index contributed by atoms with van der Waals surface area (Å²) in [5, 5.41) is 1.95. The molecule has 6 nitrogen and oxygen atoms in total. The van der Waals surface area contributed by atoms with Gasteiger partial charge < -0.3 is 4.74 Å². The van der Waals surface area contributed by atoms with Crippen LogP contribution in [0.1, 0.15) is 23.3 Å². The van der Waals surface area contributed by atoms with Crippen molar-refractivity contribution in [2.45, 2.75) is 30.7 Å². The van der Waals surface area contributed by atoms with E-state index in [0.29, 0.717) is 6.54 Å². The average molecular weight is 349 g/mol. The van der Waals surface area contributed by atoms with Crippen molar-refractivity contribution >= 4 is 45.3 Å². The highest BCUT2D eigenvalue weighted by Crippen LogP contribution is 2.39. The predicted molar refractivity (Wildman–Crippen MR) is 87.8 cm³/mol. The zero-order chi connectivity index (χ0) is 15.8. The van der Waals surface area contributed by atoms with Crippen molar-refractivity contribution in [3.05, 3.63) is 16.8 Å². The molecule has 23 heavy (non-hydrogen) atoms. The summed E-state index contributed by atoms with van der Waals surface area (Å²) in [4.78, 5) is 35.9. The van der Waals surface area contributed by atoms with Gasteiger partial charge in [0.25, 0.3) is 0 Å². The van der Waals surface area contributed by atoms with Gasteiger partial charge in [-0.3, -0.25) is 4.79 Å². The first-order valence-electron chi connectivity index (χ1n) is 7.59. The topological polar surface area (TPSA) is 72.4 Å². The monoisotopic (exact) mass is 349 g/mol. The highest BCUT2D eigenvalue weighted by molar-refractivity contribution is 8.00. The van der Waals surface area contributed by atoms with Crippen molar-refractivity contribution in [3.8, 4) is 0 Å². The van der Waals surface area contributed by atoms with Crippen LogP contribution in [0.2, 0.25) is 0 Å². The van der Waals surface area contributed by atoms with Gasteiger partial charge in [-0.05, 0) is 31.2 Å². The standard InChI is InChI=1S/C15H15N3O3S2/c19-11(18-5-6-21-15(18)20)7-22-13-12-9-3-1-2-4-10(9)23-14(12)17-8-16-13/h8H,1-7H2. The van der Waals surface area contributed by atoms with Gasteiger partial charge in [0.2, 0.25) is 5.91 Å². The zero-order valence-corrected chi connectivity index (χ0v) is 14.0. The van der Waals surface area contributed by atoms with E-state index in [2.05, 4.69) is 9.97 Å². The predicted octanol–water partition coefficient (Wildman–Crippen LogP) is 2.64. The molecule has 2 amide bonds. The number of hydrogen-bond acceptors (Lipinski definition) is 7. The first-order valence-corrected chi connectivity index (χ1v) is 9.39. The Morgan fingerprint density at radius 1 is 1.35 bits per heavy atom. The summed E-state index contributed by atoms with van der Waals surface area (Å²) in [5.41, 5.74) is 1.35. The summed E-state index contributed by atoms with van der Waals surface area (Å²) in [6.07, 6.45) is 5.60. The van der Waals surface area contributed by atoms with Gasteiger partial charge in [0.15, 0.2) is 0 Å². The Morgan fingerprint density at radius 2 is 2.22 bits per heavy atom. The Bertz CT molecular complexity index is 790. The van der Waals surface area contributed by atoms with E-state index >= 15 is 0 Å². The third kappa shape index (κ3) is 2.70. The van der Waals surface area contributed by atoms with Crippen LogP contribution in [-0.4, -0.2) is 45.8 Å². The van der Waals surface area contributed by atoms with Crippen molar-refractivity contribution in [2.24, 2.45) is 0 Å². The van der Waals surface area contributed by atoms with Gasteiger partial charge in [-0.1, -0.05) is 11.8 Å². The van der Waals surface area contributed by atoms with Crippen LogP contribution in [0.5, 0.6) is 0 Å². The van der Waals surface area contributed by atoms with Crippen molar-refractivity contribution in [1.82, 2.24) is 14.9 Å². The van der Waals surface area contributed by atoms with E-state index < -0.39 is 6.09 Å². The van der Waals surface area contributed by atoms with Crippen LogP contribution in [-0.2, 0) is 22.4 Å². The second kappa shape index (κ2) is 6.09. The maximum absolute atomic E-state index is 12.2. The molecule has 1 fully saturated rings. The quantitative estimate of drug-likeness (QED) is 0.626. The number of ether oxygens (including phenoxy) is 1. The molecule has 2 aliphatic rings. The molecule has 0 unspecified atom stereocenters. The van der Waals surface area contributed by atoms with Gasteiger partial charge in [-0.25, -0.2) is 19.7 Å². The Morgan fingerprint density at radius 3 is 3.04 bits per heavy atom. The molecule has 2 aromatic heterocycles. The fraction of sp³-hybridized carbons (Fsp3) is 0.467. The number of carbonyl (C=O) groups is 2. The van der Waals surface area contributed by atoms with Crippen LogP contribution in [0.4, 0.5) is 4.79 Å². The molecular weight excluding hydrogens is 334 g/mol. The Balaban J connectivity index is 1.58. The summed E-state index contributed by atoms with van der Waals surface area (Å²) in [7, 11) is 0. The molecule has 4 rings (SSSR count). The average Bonchev–Trinajstić information content (AvgIpc) is 3.16. The lowest BCUT2D eigenvalue weighted by Crippen LogP contribution is -2.33. The smallest absolute Gasteiger partial charge is 0.416 e. The Labute approximate surface area is 141 Å². The van der Waals surface area contributed by atoms with Crippen molar-refractivity contribution in [1.29, 1.82) is 0 Å². The first-order chi connectivity index (χ1) is 11.2. The number of aromatic nitrogens is 2. The van der Waals surface area contributed by atoms with E-state index in [9.17, 15) is 9.59 Å². The summed E-state index contributed by atoms with van der Waals surface area (Å²) in [6.45, 7) is 0.621. The van der Waals surface area contributed by atoms with Gasteiger partial charge in [0.1, 0.15) is 22.8 Å². The molecule has 3 heterocycles. The van der Waals surface area contributed by atoms with Crippen LogP contribution in [0, 0.1) is 0 Å². The minimum absolute atomic E-state index is 0.186. The molecule has 0 saturated carbocycles. The van der Waals surface area contributed by atoms with Gasteiger partial charge in [0.05, 0.1) is 12.3 Å². The largest absolute Gasteiger partial charge is 0.447 e. The van der Waals surface area contributed by atoms with E-state index in [1.807, 2.05) is 0 Å². The van der Waals surface area contributed by atoms with Crippen molar-refractivity contribution < 1.29 is 14.3 Å². The Kier molecular flexibility index (Phi) is 3.94. The molecule has 0 N–H and O–H groups in total. The van der Waals surface area contributed by atoms with Crippen LogP contribution in [0.25, 0.3) is 10.2 Å². The summed E-state index contributed by atoms with van der Waals surface area (Å²) >= 11 is 3.12. The third-order valence-electron chi connectivity index (χ3n) is 4.11. The molecule has 1 saturated heterocycles. The molecule has 0 spiro atoms. The molecule has 0 bridgehead atoms. The van der Waals surface area contributed by atoms with Crippen LogP contribution in [0.15, 0.2) is 11.4 Å². The highest BCUT2D eigenvalue weighted by atomic mass is 32.2. The van der Waals surface area contributed by atoms with Crippen molar-refractivity contribution in [2.75, 3.05) is 18.9 Å². The van der Waals surface area contributed by atoms with Crippen molar-refractivity contribution in [3.63, 3.8) is 0 Å². The molecule has 0 aromatic carbocycles. The number of nitrogens with zero attached hydrogens (tertiary/aromatic N) is 3. The number of aryl methyl sites for hydroxylation is 2. The maximum Gasteiger partial charge on any atom is 0.416 e. The number of rotatable bonds is 3. The lowest BCUT2D eigenvalue weighted by atomic mass is 9.97. The fourth-order valence-electron chi connectivity index (χ4n) is 3.00. The van der Waals surface area contributed by atoms with Crippen LogP contribution < -0.4 is 0 Å². The van der Waals surface area contributed by atoms with E-state index in [0.717, 1.165) is 33.0 Å². The van der Waals surface area contributed by atoms with E-state index in [1.165, 1.54) is 35.0 Å². The van der Waals surface area contributed by atoms with E-state index in [4.69, 9.17) is 4.74 Å². The minimum atomic E-state index is -0.545. The lowest BCUT2D eigenvalue weighted by Gasteiger charge is -2.12. The van der Waals surface area contributed by atoms with Gasteiger partial charge in [0, 0.05) is 10.3 Å². The van der Waals surface area contributed by atoms with Gasteiger partial charge in [-0.15, -0.1) is 11.3 Å². The molecule has 8 heteroatoms. The Hall–Kier alpha value is -1.67. The molecule has 120 valence electrons. The lowest BCUT2D eigenvalue weighted by molar-refractivity contribution is -0.125. The number of fused-ring (bicyclic) bond motifs is 3. The zero-order valence-electron chi connectivity index (χ0n) is 12.4. The normalized spacial score (nSPS) is 17.4. The number of thioether (sulfide) groups is 1. The number of cyclic esters (lactones) is 1. The third-order valence-corrected chi connectivity index (χ3v) is 6.28. The molecule has 0 atom stereocenters. The highest BCUT2D eigenvalue weighted by Gasteiger charge is 2.28. The van der Waals surface area contributed by atoms with E-state index in [-0.39, 0.29) is 18.3 Å². The number of carbonyl (C=O) groups excluding carboxylic acids is 2. The first kappa shape index (κ1) is 14.9. The van der Waals surface area contributed by atoms with Crippen LogP contribution in [0.3, 0.4) is 0 Å². The molecule has 0 radical (unpaired) electrons. The minimum Gasteiger partial charge on any atom is -0.447 e. The second-order valence-corrected chi connectivity index (χ2v) is 7.57. The van der Waals surface area contributed by atoms with Crippen LogP contribution >= 0.6 is 23.1 Å². The summed E-state index contributed by atoms with van der Waals surface area (Å²) in [6, 6.07) is 0.